The molecule has 0 aromatic rings. The molecule has 0 bridgehead atoms. The molecule has 7 heteroatoms. The van der Waals surface area contributed by atoms with Crippen LogP contribution in [0.25, 0.3) is 0 Å². The smallest absolute Gasteiger partial charge is 0.246 e. The van der Waals surface area contributed by atoms with E-state index >= 15 is 0 Å². The first kappa shape index (κ1) is 26.5. The molecule has 0 radical (unpaired) electrons. The Labute approximate surface area is 172 Å². The molecule has 0 saturated heterocycles. The first-order valence-electron chi connectivity index (χ1n) is 9.17. The van der Waals surface area contributed by atoms with Gasteiger partial charge in [0.25, 0.3) is 0 Å². The number of carbonyl (C=O) groups excluding carboxylic acids is 1. The minimum Gasteiger partial charge on any atom is -0.414 e. The van der Waals surface area contributed by atoms with Gasteiger partial charge in [0.1, 0.15) is 0 Å². The normalized spacial score (nSPS) is 16.3. The van der Waals surface area contributed by atoms with Gasteiger partial charge in [-0.2, -0.15) is 0 Å². The summed E-state index contributed by atoms with van der Waals surface area (Å²) in [6.07, 6.45) is 3.49. The number of rotatable bonds is 8. The van der Waals surface area contributed by atoms with Crippen molar-refractivity contribution in [2.75, 3.05) is 12.9 Å². The van der Waals surface area contributed by atoms with Gasteiger partial charge in [0, 0.05) is 0 Å². The summed E-state index contributed by atoms with van der Waals surface area (Å²) in [6, 6.07) is 0. The lowest BCUT2D eigenvalue weighted by molar-refractivity contribution is 0.113. The third-order valence-corrected chi connectivity index (χ3v) is 16.8. The number of hydrogen-bond donors (Lipinski definition) is 0. The molecule has 0 aliphatic rings. The van der Waals surface area contributed by atoms with E-state index in [9.17, 15) is 4.79 Å². The second-order valence-electron chi connectivity index (χ2n) is 9.76. The minimum atomic E-state index is -1.99. The summed E-state index contributed by atoms with van der Waals surface area (Å²) in [5.41, 5.74) is 0. The quantitative estimate of drug-likeness (QED) is 0.298. The Morgan fingerprint density at radius 1 is 1.04 bits per heavy atom. The van der Waals surface area contributed by atoms with Crippen LogP contribution in [0, 0.1) is 0 Å². The third kappa shape index (κ3) is 7.83. The van der Waals surface area contributed by atoms with Crippen LogP contribution in [0.15, 0.2) is 12.7 Å². The molecule has 0 aliphatic carbocycles. The summed E-state index contributed by atoms with van der Waals surface area (Å²) < 4.78 is 13.2. The molecule has 0 spiro atoms. The lowest BCUT2D eigenvalue weighted by atomic mass is 10.2. The lowest BCUT2D eigenvalue weighted by Crippen LogP contribution is -2.50. The van der Waals surface area contributed by atoms with Crippen molar-refractivity contribution in [1.82, 2.24) is 0 Å². The third-order valence-electron chi connectivity index (χ3n) is 5.66. The van der Waals surface area contributed by atoms with Crippen molar-refractivity contribution in [1.29, 1.82) is 0 Å². The van der Waals surface area contributed by atoms with E-state index in [2.05, 4.69) is 74.3 Å². The molecule has 0 heterocycles. The highest BCUT2D eigenvalue weighted by Gasteiger charge is 2.43. The molecule has 0 aromatic heterocycles. The van der Waals surface area contributed by atoms with Crippen molar-refractivity contribution in [3.63, 3.8) is 0 Å². The highest BCUT2D eigenvalue weighted by atomic mass is 32.2. The van der Waals surface area contributed by atoms with E-state index in [0.29, 0.717) is 6.61 Å². The van der Waals surface area contributed by atoms with Gasteiger partial charge in [-0.1, -0.05) is 71.1 Å². The predicted octanol–water partition coefficient (Wildman–Crippen LogP) is 7.17. The lowest BCUT2D eigenvalue weighted by Gasteiger charge is -2.42. The molecular formula is C19H40O3S2Si2. The SMILES string of the molecule is C=CC(SC(=O)SC)[C@@H](CO[Si](C)(C)C(C)(C)C)O[Si](C)(C)C(C)(C)C. The zero-order valence-electron chi connectivity index (χ0n) is 18.7. The first-order valence-corrected chi connectivity index (χ1v) is 17.1. The molecule has 0 amide bonds. The van der Waals surface area contributed by atoms with Crippen molar-refractivity contribution < 1.29 is 13.6 Å². The molecule has 0 aliphatic heterocycles. The first-order chi connectivity index (χ1) is 11.5. The zero-order chi connectivity index (χ0) is 21.0. The van der Waals surface area contributed by atoms with E-state index in [1.807, 2.05) is 12.3 Å². The van der Waals surface area contributed by atoms with Gasteiger partial charge in [0.2, 0.25) is 4.45 Å². The molecule has 3 nitrogen and oxygen atoms in total. The fourth-order valence-electron chi connectivity index (χ4n) is 1.69. The second kappa shape index (κ2) is 9.79. The maximum absolute atomic E-state index is 12.0. The molecule has 2 atom stereocenters. The Bertz CT molecular complexity index is 480. The minimum absolute atomic E-state index is 0.0889. The molecule has 1 unspecified atom stereocenters. The topological polar surface area (TPSA) is 35.5 Å². The Morgan fingerprint density at radius 2 is 1.50 bits per heavy atom. The van der Waals surface area contributed by atoms with Crippen LogP contribution in [0.1, 0.15) is 41.5 Å². The van der Waals surface area contributed by atoms with Gasteiger partial charge in [-0.3, -0.25) is 4.79 Å². The Morgan fingerprint density at radius 3 is 1.85 bits per heavy atom. The van der Waals surface area contributed by atoms with Crippen molar-refractivity contribution in [3.8, 4) is 0 Å². The Kier molecular flexibility index (Phi) is 9.96. The maximum atomic E-state index is 12.0. The van der Waals surface area contributed by atoms with Gasteiger partial charge in [-0.05, 0) is 42.5 Å². The molecule has 0 aromatic carbocycles. The van der Waals surface area contributed by atoms with E-state index in [1.54, 1.807) is 0 Å². The fraction of sp³-hybridized carbons (Fsp3) is 0.842. The van der Waals surface area contributed by atoms with Crippen molar-refractivity contribution in [2.45, 2.75) is 89.2 Å². The summed E-state index contributed by atoms with van der Waals surface area (Å²) >= 11 is 2.54. The Balaban J connectivity index is 5.53. The van der Waals surface area contributed by atoms with Gasteiger partial charge >= 0.3 is 0 Å². The van der Waals surface area contributed by atoms with Crippen LogP contribution < -0.4 is 0 Å². The Hall–Kier alpha value is 0.464. The molecule has 0 N–H and O–H groups in total. The monoisotopic (exact) mass is 436 g/mol. The summed E-state index contributed by atoms with van der Waals surface area (Å²) in [5, 5.41) is 0.136. The average molecular weight is 437 g/mol. The molecule has 154 valence electrons. The van der Waals surface area contributed by atoms with E-state index in [1.165, 1.54) is 23.5 Å². The van der Waals surface area contributed by atoms with Gasteiger partial charge in [-0.15, -0.1) is 6.58 Å². The fourth-order valence-corrected chi connectivity index (χ4v) is 5.45. The second-order valence-corrected chi connectivity index (χ2v) is 21.5. The molecular weight excluding hydrogens is 397 g/mol. The van der Waals surface area contributed by atoms with Crippen LogP contribution in [0.4, 0.5) is 4.79 Å². The number of carbonyl (C=O) groups is 1. The summed E-state index contributed by atoms with van der Waals surface area (Å²) in [4.78, 5) is 12.0. The van der Waals surface area contributed by atoms with Crippen LogP contribution in [0.5, 0.6) is 0 Å². The largest absolute Gasteiger partial charge is 0.414 e. The molecule has 0 saturated carbocycles. The van der Waals surface area contributed by atoms with Gasteiger partial charge < -0.3 is 8.85 Å². The van der Waals surface area contributed by atoms with Crippen LogP contribution in [0.2, 0.25) is 36.3 Å². The molecule has 0 fully saturated rings. The predicted molar refractivity (Wildman–Crippen MR) is 126 cm³/mol. The highest BCUT2D eigenvalue weighted by Crippen LogP contribution is 2.40. The van der Waals surface area contributed by atoms with Crippen LogP contribution in [0.3, 0.4) is 0 Å². The number of hydrogen-bond acceptors (Lipinski definition) is 5. The van der Waals surface area contributed by atoms with Gasteiger partial charge in [0.05, 0.1) is 18.0 Å². The molecule has 26 heavy (non-hydrogen) atoms. The van der Waals surface area contributed by atoms with Crippen molar-refractivity contribution in [3.05, 3.63) is 12.7 Å². The molecule has 0 rings (SSSR count). The zero-order valence-corrected chi connectivity index (χ0v) is 22.3. The van der Waals surface area contributed by atoms with Crippen LogP contribution >= 0.6 is 23.5 Å². The van der Waals surface area contributed by atoms with E-state index in [4.69, 9.17) is 8.85 Å². The summed E-state index contributed by atoms with van der Waals surface area (Å²) in [6.45, 7) is 26.9. The van der Waals surface area contributed by atoms with Crippen LogP contribution in [-0.2, 0) is 8.85 Å². The summed E-state index contributed by atoms with van der Waals surface area (Å²) in [7, 11) is -3.89. The van der Waals surface area contributed by atoms with E-state index < -0.39 is 16.6 Å². The average Bonchev–Trinajstić information content (AvgIpc) is 2.46. The van der Waals surface area contributed by atoms with Crippen LogP contribution in [-0.4, -0.2) is 45.3 Å². The summed E-state index contributed by atoms with van der Waals surface area (Å²) in [5.74, 6) is 0. The van der Waals surface area contributed by atoms with Gasteiger partial charge in [0.15, 0.2) is 16.6 Å². The highest BCUT2D eigenvalue weighted by molar-refractivity contribution is 8.38. The van der Waals surface area contributed by atoms with Gasteiger partial charge in [-0.25, -0.2) is 0 Å². The standard InChI is InChI=1S/C19H40O3S2Si2/c1-13-16(24-17(20)23-8)15(22-26(11,12)19(5,6)7)14-21-25(9,10)18(2,3)4/h13,15-16H,1,14H2,2-12H3/t15-,16?/m1/s1. The number of thioether (sulfide) groups is 2. The van der Waals surface area contributed by atoms with E-state index in [-0.39, 0.29) is 25.9 Å². The maximum Gasteiger partial charge on any atom is 0.246 e. The van der Waals surface area contributed by atoms with E-state index in [0.717, 1.165) is 0 Å². The van der Waals surface area contributed by atoms with Crippen molar-refractivity contribution in [2.24, 2.45) is 0 Å². The van der Waals surface area contributed by atoms with Crippen molar-refractivity contribution >= 4 is 44.6 Å².